The van der Waals surface area contributed by atoms with E-state index in [9.17, 15) is 9.59 Å². The fourth-order valence-electron chi connectivity index (χ4n) is 3.70. The number of piperidine rings is 1. The lowest BCUT2D eigenvalue weighted by atomic mass is 9.73. The molecule has 1 aliphatic carbocycles. The lowest BCUT2D eigenvalue weighted by Gasteiger charge is -2.41. The third kappa shape index (κ3) is 3.57. The third-order valence-electron chi connectivity index (χ3n) is 5.15. The molecule has 2 N–H and O–H groups in total. The lowest BCUT2D eigenvalue weighted by molar-refractivity contribution is -0.143. The maximum Gasteiger partial charge on any atom is 0.227 e. The molecule has 120 valence electrons. The molecule has 1 saturated carbocycles. The predicted molar refractivity (Wildman–Crippen MR) is 82.5 cm³/mol. The van der Waals surface area contributed by atoms with Gasteiger partial charge in [0.25, 0.3) is 0 Å². The number of hydrogen-bond acceptors (Lipinski definition) is 3. The van der Waals surface area contributed by atoms with Gasteiger partial charge in [0.2, 0.25) is 11.8 Å². The second-order valence-corrected chi connectivity index (χ2v) is 7.14. The van der Waals surface area contributed by atoms with Crippen LogP contribution < -0.4 is 5.73 Å². The average Bonchev–Trinajstić information content (AvgIpc) is 2.45. The van der Waals surface area contributed by atoms with Gasteiger partial charge in [-0.15, -0.1) is 0 Å². The normalized spacial score (nSPS) is 31.0. The van der Waals surface area contributed by atoms with Gasteiger partial charge in [0.1, 0.15) is 0 Å². The summed E-state index contributed by atoms with van der Waals surface area (Å²) in [6.45, 7) is 3.39. The summed E-state index contributed by atoms with van der Waals surface area (Å²) in [5.41, 5.74) is 5.97. The van der Waals surface area contributed by atoms with Crippen LogP contribution in [0.2, 0.25) is 0 Å². The first-order valence-corrected chi connectivity index (χ1v) is 8.12. The van der Waals surface area contributed by atoms with Crippen molar-refractivity contribution in [3.8, 4) is 0 Å². The highest BCUT2D eigenvalue weighted by atomic mass is 16.2. The Morgan fingerprint density at radius 1 is 1.14 bits per heavy atom. The largest absolute Gasteiger partial charge is 0.349 e. The molecule has 0 spiro atoms. The molecule has 0 radical (unpaired) electrons. The quantitative estimate of drug-likeness (QED) is 0.833. The second kappa shape index (κ2) is 6.34. The molecule has 0 aromatic heterocycles. The first-order valence-electron chi connectivity index (χ1n) is 8.12. The van der Waals surface area contributed by atoms with Gasteiger partial charge in [-0.25, -0.2) is 0 Å². The molecule has 1 saturated heterocycles. The summed E-state index contributed by atoms with van der Waals surface area (Å²) in [5, 5.41) is 0. The van der Waals surface area contributed by atoms with Crippen LogP contribution in [0.1, 0.15) is 45.4 Å². The monoisotopic (exact) mass is 295 g/mol. The molecule has 1 aliphatic heterocycles. The molecule has 0 aromatic carbocycles. The molecule has 0 bridgehead atoms. The smallest absolute Gasteiger partial charge is 0.227 e. The maximum atomic E-state index is 12.7. The molecule has 0 aromatic rings. The van der Waals surface area contributed by atoms with Crippen LogP contribution in [-0.2, 0) is 9.59 Å². The fourth-order valence-corrected chi connectivity index (χ4v) is 3.70. The number of nitrogens with zero attached hydrogens (tertiary/aromatic N) is 2. The standard InChI is InChI=1S/C16H29N3O2/c1-16(17)9-5-4-6-13(16)15(21)19-10-7-12(8-11-19)14(20)18(2)3/h12-13H,4-11,17H2,1-3H3. The van der Waals surface area contributed by atoms with Crippen molar-refractivity contribution < 1.29 is 9.59 Å². The van der Waals surface area contributed by atoms with E-state index in [1.54, 1.807) is 19.0 Å². The molecule has 5 heteroatoms. The van der Waals surface area contributed by atoms with Gasteiger partial charge in [0.15, 0.2) is 0 Å². The van der Waals surface area contributed by atoms with Crippen molar-refractivity contribution in [2.45, 2.75) is 51.0 Å². The van der Waals surface area contributed by atoms with Gasteiger partial charge in [0.05, 0.1) is 5.92 Å². The summed E-state index contributed by atoms with van der Waals surface area (Å²) in [4.78, 5) is 28.3. The van der Waals surface area contributed by atoms with Gasteiger partial charge in [-0.1, -0.05) is 12.8 Å². The molecule has 2 aliphatic rings. The van der Waals surface area contributed by atoms with Crippen LogP contribution in [0, 0.1) is 11.8 Å². The summed E-state index contributed by atoms with van der Waals surface area (Å²) in [6, 6.07) is 0. The van der Waals surface area contributed by atoms with E-state index >= 15 is 0 Å². The van der Waals surface area contributed by atoms with E-state index in [4.69, 9.17) is 5.73 Å². The van der Waals surface area contributed by atoms with Gasteiger partial charge in [-0.05, 0) is 32.6 Å². The molecule has 2 unspecified atom stereocenters. The molecule has 2 rings (SSSR count). The highest BCUT2D eigenvalue weighted by Crippen LogP contribution is 2.34. The van der Waals surface area contributed by atoms with Gasteiger partial charge in [-0.3, -0.25) is 9.59 Å². The number of carbonyl (C=O) groups excluding carboxylic acids is 2. The topological polar surface area (TPSA) is 66.6 Å². The number of likely N-dealkylation sites (tertiary alicyclic amines) is 1. The van der Waals surface area contributed by atoms with Crippen LogP contribution in [0.3, 0.4) is 0 Å². The average molecular weight is 295 g/mol. The van der Waals surface area contributed by atoms with Crippen LogP contribution in [0.5, 0.6) is 0 Å². The number of amides is 2. The third-order valence-corrected chi connectivity index (χ3v) is 5.15. The van der Waals surface area contributed by atoms with Crippen LogP contribution >= 0.6 is 0 Å². The zero-order valence-electron chi connectivity index (χ0n) is 13.6. The second-order valence-electron chi connectivity index (χ2n) is 7.14. The van der Waals surface area contributed by atoms with E-state index in [1.165, 1.54) is 0 Å². The van der Waals surface area contributed by atoms with E-state index in [1.807, 2.05) is 11.8 Å². The van der Waals surface area contributed by atoms with Crippen molar-refractivity contribution in [3.63, 3.8) is 0 Å². The SMILES string of the molecule is CN(C)C(=O)C1CCN(C(=O)C2CCCCC2(C)N)CC1. The molecular formula is C16H29N3O2. The Morgan fingerprint density at radius 2 is 1.76 bits per heavy atom. The zero-order chi connectivity index (χ0) is 15.6. The Morgan fingerprint density at radius 3 is 2.29 bits per heavy atom. The van der Waals surface area contributed by atoms with Gasteiger partial charge in [0, 0.05) is 38.6 Å². The van der Waals surface area contributed by atoms with Crippen molar-refractivity contribution in [1.82, 2.24) is 9.80 Å². The van der Waals surface area contributed by atoms with Gasteiger partial charge in [-0.2, -0.15) is 0 Å². The van der Waals surface area contributed by atoms with E-state index in [-0.39, 0.29) is 29.2 Å². The number of hydrogen-bond donors (Lipinski definition) is 1. The Kier molecular flexibility index (Phi) is 4.91. The van der Waals surface area contributed by atoms with E-state index in [0.29, 0.717) is 13.1 Å². The molecule has 2 atom stereocenters. The summed E-state index contributed by atoms with van der Waals surface area (Å²) in [6.07, 6.45) is 5.60. The Balaban J connectivity index is 1.92. The Bertz CT molecular complexity index is 398. The Hall–Kier alpha value is -1.10. The Labute approximate surface area is 127 Å². The summed E-state index contributed by atoms with van der Waals surface area (Å²) >= 11 is 0. The summed E-state index contributed by atoms with van der Waals surface area (Å²) in [7, 11) is 3.59. The van der Waals surface area contributed by atoms with Crippen LogP contribution in [0.25, 0.3) is 0 Å². The first-order chi connectivity index (χ1) is 9.83. The minimum Gasteiger partial charge on any atom is -0.349 e. The van der Waals surface area contributed by atoms with Crippen LogP contribution in [0.4, 0.5) is 0 Å². The zero-order valence-corrected chi connectivity index (χ0v) is 13.6. The van der Waals surface area contributed by atoms with Gasteiger partial charge >= 0.3 is 0 Å². The molecule has 2 amide bonds. The number of carbonyl (C=O) groups is 2. The van der Waals surface area contributed by atoms with Crippen molar-refractivity contribution in [1.29, 1.82) is 0 Å². The number of rotatable bonds is 2. The minimum absolute atomic E-state index is 0.0487. The summed E-state index contributed by atoms with van der Waals surface area (Å²) < 4.78 is 0. The van der Waals surface area contributed by atoms with Crippen molar-refractivity contribution in [2.24, 2.45) is 17.6 Å². The highest BCUT2D eigenvalue weighted by molar-refractivity contribution is 5.82. The molecule has 2 fully saturated rings. The van der Waals surface area contributed by atoms with Crippen LogP contribution in [-0.4, -0.2) is 54.3 Å². The molecular weight excluding hydrogens is 266 g/mol. The molecule has 21 heavy (non-hydrogen) atoms. The van der Waals surface area contributed by atoms with Gasteiger partial charge < -0.3 is 15.5 Å². The lowest BCUT2D eigenvalue weighted by Crippen LogP contribution is -2.55. The first kappa shape index (κ1) is 16.3. The molecule has 5 nitrogen and oxygen atoms in total. The fraction of sp³-hybridized carbons (Fsp3) is 0.875. The van der Waals surface area contributed by atoms with E-state index in [0.717, 1.165) is 38.5 Å². The molecule has 1 heterocycles. The number of nitrogens with two attached hydrogens (primary N) is 1. The van der Waals surface area contributed by atoms with E-state index < -0.39 is 0 Å². The van der Waals surface area contributed by atoms with Crippen molar-refractivity contribution >= 4 is 11.8 Å². The minimum atomic E-state index is -0.369. The summed E-state index contributed by atoms with van der Waals surface area (Å²) in [5.74, 6) is 0.408. The van der Waals surface area contributed by atoms with E-state index in [2.05, 4.69) is 0 Å². The van der Waals surface area contributed by atoms with Crippen molar-refractivity contribution in [2.75, 3.05) is 27.2 Å². The predicted octanol–water partition coefficient (Wildman–Crippen LogP) is 1.22. The van der Waals surface area contributed by atoms with Crippen LogP contribution in [0.15, 0.2) is 0 Å². The highest BCUT2D eigenvalue weighted by Gasteiger charge is 2.40. The maximum absolute atomic E-state index is 12.7. The van der Waals surface area contributed by atoms with Crippen molar-refractivity contribution in [3.05, 3.63) is 0 Å².